The Hall–Kier alpha value is -4.54. The van der Waals surface area contributed by atoms with E-state index in [4.69, 9.17) is 9.47 Å². The van der Waals surface area contributed by atoms with Crippen LogP contribution in [0.4, 0.5) is 5.69 Å². The van der Waals surface area contributed by atoms with Gasteiger partial charge < -0.3 is 14.4 Å². The van der Waals surface area contributed by atoms with E-state index in [1.165, 1.54) is 78.0 Å². The molecule has 0 fully saturated rings. The number of benzene rings is 5. The molecule has 7 rings (SSSR count). The van der Waals surface area contributed by atoms with Crippen molar-refractivity contribution in [1.82, 2.24) is 4.90 Å². The number of nitrogens with zero attached hydrogens (tertiary/aromatic N) is 2. The van der Waals surface area contributed by atoms with E-state index in [9.17, 15) is 0 Å². The minimum atomic E-state index is -0.198. The maximum Gasteiger partial charge on any atom is 0.161 e. The molecule has 0 saturated heterocycles. The minimum Gasteiger partial charge on any atom is -0.478 e. The van der Waals surface area contributed by atoms with Crippen LogP contribution in [0.1, 0.15) is 100 Å². The van der Waals surface area contributed by atoms with Gasteiger partial charge in [-0.3, -0.25) is 4.90 Å². The molecule has 5 aromatic rings. The fourth-order valence-corrected chi connectivity index (χ4v) is 8.26. The molecule has 0 N–H and O–H groups in total. The van der Waals surface area contributed by atoms with Crippen LogP contribution in [0.25, 0.3) is 0 Å². The summed E-state index contributed by atoms with van der Waals surface area (Å²) in [5.74, 6) is 1.99. The van der Waals surface area contributed by atoms with Gasteiger partial charge in [0.15, 0.2) is 6.73 Å². The highest BCUT2D eigenvalue weighted by Crippen LogP contribution is 2.41. The molecule has 264 valence electrons. The van der Waals surface area contributed by atoms with Gasteiger partial charge in [0.1, 0.15) is 18.2 Å². The Kier molecular flexibility index (Phi) is 9.04. The highest BCUT2D eigenvalue weighted by atomic mass is 16.5. The Morgan fingerprint density at radius 2 is 1.02 bits per heavy atom. The lowest BCUT2D eigenvalue weighted by atomic mass is 9.73. The molecule has 0 bridgehead atoms. The lowest BCUT2D eigenvalue weighted by Crippen LogP contribution is -2.33. The average molecular weight is 679 g/mol. The summed E-state index contributed by atoms with van der Waals surface area (Å²) < 4.78 is 12.4. The first-order chi connectivity index (χ1) is 24.2. The fourth-order valence-electron chi connectivity index (χ4n) is 8.26. The molecule has 0 amide bonds. The van der Waals surface area contributed by atoms with E-state index < -0.39 is 0 Å². The first-order valence-electron chi connectivity index (χ1n) is 18.4. The molecular formula is C47H54N2O2. The standard InChI is InChI=1S/C47H54N2O2/c1-30-18-35(19-31(2)34(30)5)22-36-20-32(3)45(33(4)21-36)49-27-38-24-42(15-17-44(38)51-29-49)47(8,9)40-13-11-12-39(25-40)46(6,7)41-14-16-43-37(23-41)26-48(10)28-50-43/h11-21,23-25H,22,26-29H2,1-10H3. The van der Waals surface area contributed by atoms with E-state index in [0.29, 0.717) is 13.5 Å². The van der Waals surface area contributed by atoms with Crippen molar-refractivity contribution in [2.75, 3.05) is 25.4 Å². The summed E-state index contributed by atoms with van der Waals surface area (Å²) in [7, 11) is 2.10. The third-order valence-electron chi connectivity index (χ3n) is 11.8. The number of ether oxygens (including phenoxy) is 2. The molecule has 5 aromatic carbocycles. The zero-order valence-corrected chi connectivity index (χ0v) is 32.3. The second-order valence-electron chi connectivity index (χ2n) is 16.3. The molecule has 0 atom stereocenters. The van der Waals surface area contributed by atoms with E-state index in [1.54, 1.807) is 0 Å². The minimum absolute atomic E-state index is 0.162. The molecule has 2 aliphatic heterocycles. The van der Waals surface area contributed by atoms with Crippen LogP contribution >= 0.6 is 0 Å². The predicted octanol–water partition coefficient (Wildman–Crippen LogP) is 10.6. The lowest BCUT2D eigenvalue weighted by Gasteiger charge is -2.35. The normalized spacial score (nSPS) is 14.8. The summed E-state index contributed by atoms with van der Waals surface area (Å²) in [5.41, 5.74) is 18.1. The number of hydrogen-bond acceptors (Lipinski definition) is 4. The summed E-state index contributed by atoms with van der Waals surface area (Å²) in [4.78, 5) is 4.61. The second-order valence-corrected chi connectivity index (χ2v) is 16.3. The third-order valence-corrected chi connectivity index (χ3v) is 11.8. The smallest absolute Gasteiger partial charge is 0.161 e. The van der Waals surface area contributed by atoms with Crippen molar-refractivity contribution in [2.24, 2.45) is 0 Å². The maximum atomic E-state index is 6.41. The molecule has 4 nitrogen and oxygen atoms in total. The van der Waals surface area contributed by atoms with Crippen molar-refractivity contribution in [1.29, 1.82) is 0 Å². The van der Waals surface area contributed by atoms with Gasteiger partial charge in [-0.15, -0.1) is 0 Å². The van der Waals surface area contributed by atoms with Crippen molar-refractivity contribution in [2.45, 2.75) is 92.7 Å². The van der Waals surface area contributed by atoms with Gasteiger partial charge in [0.2, 0.25) is 0 Å². The van der Waals surface area contributed by atoms with Crippen LogP contribution in [0.2, 0.25) is 0 Å². The predicted molar refractivity (Wildman–Crippen MR) is 212 cm³/mol. The highest BCUT2D eigenvalue weighted by molar-refractivity contribution is 5.62. The van der Waals surface area contributed by atoms with Gasteiger partial charge in [0, 0.05) is 40.7 Å². The van der Waals surface area contributed by atoms with Crippen molar-refractivity contribution in [3.8, 4) is 11.5 Å². The third kappa shape index (κ3) is 6.67. The van der Waals surface area contributed by atoms with Crippen LogP contribution in [0.15, 0.2) is 84.9 Å². The van der Waals surface area contributed by atoms with Crippen LogP contribution in [-0.4, -0.2) is 25.4 Å². The molecule has 0 aliphatic carbocycles. The Morgan fingerprint density at radius 1 is 0.549 bits per heavy atom. The van der Waals surface area contributed by atoms with Crippen molar-refractivity contribution in [3.05, 3.63) is 157 Å². The Morgan fingerprint density at radius 3 is 1.57 bits per heavy atom. The van der Waals surface area contributed by atoms with Gasteiger partial charge in [-0.1, -0.05) is 88.4 Å². The van der Waals surface area contributed by atoms with Crippen LogP contribution in [0.3, 0.4) is 0 Å². The number of rotatable bonds is 7. The molecule has 2 heterocycles. The molecule has 4 heteroatoms. The molecule has 0 saturated carbocycles. The van der Waals surface area contributed by atoms with E-state index in [-0.39, 0.29) is 10.8 Å². The van der Waals surface area contributed by atoms with Crippen LogP contribution in [0.5, 0.6) is 11.5 Å². The first-order valence-corrected chi connectivity index (χ1v) is 18.4. The highest BCUT2D eigenvalue weighted by Gasteiger charge is 2.30. The molecule has 51 heavy (non-hydrogen) atoms. The zero-order valence-electron chi connectivity index (χ0n) is 32.3. The van der Waals surface area contributed by atoms with Crippen molar-refractivity contribution >= 4 is 5.69 Å². The average Bonchev–Trinajstić information content (AvgIpc) is 3.09. The molecule has 0 aromatic heterocycles. The largest absolute Gasteiger partial charge is 0.478 e. The SMILES string of the molecule is Cc1cc(Cc2cc(C)c(N3COc4ccc(C(C)(C)c5cccc(C(C)(C)c6ccc7c(c6)CN(C)CO7)c5)cc4C3)c(C)c2)cc(C)c1C. The fraction of sp³-hybridized carbons (Fsp3) is 0.362. The Balaban J connectivity index is 1.13. The van der Waals surface area contributed by atoms with Gasteiger partial charge in [0.25, 0.3) is 0 Å². The Bertz CT molecular complexity index is 2080. The van der Waals surface area contributed by atoms with Crippen LogP contribution < -0.4 is 14.4 Å². The Labute approximate surface area is 306 Å². The summed E-state index contributed by atoms with van der Waals surface area (Å²) in [5, 5.41) is 0. The second kappa shape index (κ2) is 13.2. The van der Waals surface area contributed by atoms with E-state index >= 15 is 0 Å². The van der Waals surface area contributed by atoms with Gasteiger partial charge in [0.05, 0.1) is 0 Å². The van der Waals surface area contributed by atoms with Gasteiger partial charge >= 0.3 is 0 Å². The van der Waals surface area contributed by atoms with Gasteiger partial charge in [-0.2, -0.15) is 0 Å². The molecule has 0 unspecified atom stereocenters. The maximum absolute atomic E-state index is 6.41. The van der Waals surface area contributed by atoms with Crippen molar-refractivity contribution in [3.63, 3.8) is 0 Å². The molecule has 0 radical (unpaired) electrons. The number of aryl methyl sites for hydroxylation is 4. The molecular weight excluding hydrogens is 625 g/mol. The number of fused-ring (bicyclic) bond motifs is 2. The van der Waals surface area contributed by atoms with Gasteiger partial charge in [-0.25, -0.2) is 0 Å². The summed E-state index contributed by atoms with van der Waals surface area (Å²) >= 11 is 0. The zero-order chi connectivity index (χ0) is 36.2. The summed E-state index contributed by atoms with van der Waals surface area (Å²) in [6, 6.07) is 32.2. The van der Waals surface area contributed by atoms with Crippen molar-refractivity contribution < 1.29 is 9.47 Å². The lowest BCUT2D eigenvalue weighted by molar-refractivity contribution is 0.121. The number of anilines is 1. The van der Waals surface area contributed by atoms with Gasteiger partial charge in [-0.05, 0) is 134 Å². The van der Waals surface area contributed by atoms with Crippen LogP contribution in [-0.2, 0) is 30.3 Å². The quantitative estimate of drug-likeness (QED) is 0.171. The monoisotopic (exact) mass is 678 g/mol. The van der Waals surface area contributed by atoms with Crippen LogP contribution in [0, 0.1) is 34.6 Å². The topological polar surface area (TPSA) is 24.9 Å². The first kappa shape index (κ1) is 34.9. The van der Waals surface area contributed by atoms with E-state index in [1.807, 2.05) is 0 Å². The van der Waals surface area contributed by atoms with E-state index in [2.05, 4.69) is 164 Å². The summed E-state index contributed by atoms with van der Waals surface area (Å²) in [6.07, 6.45) is 0.944. The molecule has 0 spiro atoms. The van der Waals surface area contributed by atoms with E-state index in [0.717, 1.165) is 31.0 Å². The summed E-state index contributed by atoms with van der Waals surface area (Å²) in [6.45, 7) is 23.4. The number of hydrogen-bond donors (Lipinski definition) is 0. The molecule has 2 aliphatic rings.